The topological polar surface area (TPSA) is 48.1 Å². The van der Waals surface area contributed by atoms with Gasteiger partial charge in [-0.25, -0.2) is 4.98 Å². The molecule has 0 saturated carbocycles. The first-order valence-electron chi connectivity index (χ1n) is 5.14. The summed E-state index contributed by atoms with van der Waals surface area (Å²) in [6.07, 6.45) is 0. The lowest BCUT2D eigenvalue weighted by Crippen LogP contribution is -2.46. The van der Waals surface area contributed by atoms with E-state index in [9.17, 15) is 0 Å². The van der Waals surface area contributed by atoms with Gasteiger partial charge in [-0.15, -0.1) is 11.3 Å². The van der Waals surface area contributed by atoms with Crippen LogP contribution in [0.25, 0.3) is 0 Å². The number of ether oxygens (including phenoxy) is 1. The molecule has 2 N–H and O–H groups in total. The fourth-order valence-electron chi connectivity index (χ4n) is 1.39. The molecule has 1 atom stereocenters. The quantitative estimate of drug-likeness (QED) is 0.859. The third-order valence-corrected chi connectivity index (χ3v) is 4.11. The standard InChI is InChI=1S/C11H20N2OS/c1-7(2)11(12,6-14-5)10-13-8(3)9(4)15-10/h7H,6,12H2,1-5H3. The summed E-state index contributed by atoms with van der Waals surface area (Å²) >= 11 is 1.67. The molecule has 0 aliphatic carbocycles. The van der Waals surface area contributed by atoms with E-state index in [1.807, 2.05) is 6.92 Å². The number of rotatable bonds is 4. The molecule has 4 heteroatoms. The Balaban J connectivity index is 3.09. The first kappa shape index (κ1) is 12.6. The number of aryl methyl sites for hydroxylation is 2. The number of methoxy groups -OCH3 is 1. The lowest BCUT2D eigenvalue weighted by atomic mass is 9.89. The van der Waals surface area contributed by atoms with Crippen molar-refractivity contribution in [2.45, 2.75) is 33.2 Å². The van der Waals surface area contributed by atoms with Crippen LogP contribution in [-0.2, 0) is 10.3 Å². The van der Waals surface area contributed by atoms with Crippen molar-refractivity contribution in [3.63, 3.8) is 0 Å². The van der Waals surface area contributed by atoms with Gasteiger partial charge in [-0.05, 0) is 19.8 Å². The van der Waals surface area contributed by atoms with E-state index in [0.29, 0.717) is 12.5 Å². The van der Waals surface area contributed by atoms with Gasteiger partial charge in [0.2, 0.25) is 0 Å². The predicted octanol–water partition coefficient (Wildman–Crippen LogP) is 2.22. The van der Waals surface area contributed by atoms with Crippen LogP contribution >= 0.6 is 11.3 Å². The molecular weight excluding hydrogens is 208 g/mol. The molecule has 0 aliphatic rings. The highest BCUT2D eigenvalue weighted by molar-refractivity contribution is 7.11. The Labute approximate surface area is 95.7 Å². The minimum atomic E-state index is -0.460. The lowest BCUT2D eigenvalue weighted by Gasteiger charge is -2.30. The summed E-state index contributed by atoms with van der Waals surface area (Å²) in [4.78, 5) is 5.77. The van der Waals surface area contributed by atoms with E-state index in [0.717, 1.165) is 10.7 Å². The zero-order valence-electron chi connectivity index (χ0n) is 10.1. The summed E-state index contributed by atoms with van der Waals surface area (Å²) in [6.45, 7) is 8.81. The molecular formula is C11H20N2OS. The normalized spacial score (nSPS) is 15.7. The molecule has 1 heterocycles. The number of hydrogen-bond acceptors (Lipinski definition) is 4. The van der Waals surface area contributed by atoms with Crippen LogP contribution in [-0.4, -0.2) is 18.7 Å². The summed E-state index contributed by atoms with van der Waals surface area (Å²) in [6, 6.07) is 0. The highest BCUT2D eigenvalue weighted by Gasteiger charge is 2.34. The maximum absolute atomic E-state index is 6.38. The lowest BCUT2D eigenvalue weighted by molar-refractivity contribution is 0.104. The van der Waals surface area contributed by atoms with Gasteiger partial charge < -0.3 is 10.5 Å². The monoisotopic (exact) mass is 228 g/mol. The molecule has 0 fully saturated rings. The zero-order valence-corrected chi connectivity index (χ0v) is 10.9. The molecule has 0 spiro atoms. The molecule has 0 saturated heterocycles. The predicted molar refractivity (Wildman–Crippen MR) is 64.2 cm³/mol. The van der Waals surface area contributed by atoms with Gasteiger partial charge in [0.25, 0.3) is 0 Å². The van der Waals surface area contributed by atoms with Crippen LogP contribution in [0, 0.1) is 19.8 Å². The molecule has 3 nitrogen and oxygen atoms in total. The fraction of sp³-hybridized carbons (Fsp3) is 0.727. The van der Waals surface area contributed by atoms with Gasteiger partial charge in [0, 0.05) is 12.0 Å². The van der Waals surface area contributed by atoms with E-state index >= 15 is 0 Å². The largest absolute Gasteiger partial charge is 0.382 e. The summed E-state index contributed by atoms with van der Waals surface area (Å²) in [5.74, 6) is 0.308. The van der Waals surface area contributed by atoms with Crippen molar-refractivity contribution in [3.8, 4) is 0 Å². The minimum Gasteiger partial charge on any atom is -0.382 e. The molecule has 1 rings (SSSR count). The molecule has 0 aromatic carbocycles. The van der Waals surface area contributed by atoms with Gasteiger partial charge in [-0.3, -0.25) is 0 Å². The average Bonchev–Trinajstić information content (AvgIpc) is 2.47. The molecule has 0 amide bonds. The van der Waals surface area contributed by atoms with Crippen LogP contribution in [0.5, 0.6) is 0 Å². The molecule has 0 aliphatic heterocycles. The van der Waals surface area contributed by atoms with Gasteiger partial charge in [0.1, 0.15) is 5.01 Å². The highest BCUT2D eigenvalue weighted by atomic mass is 32.1. The number of nitrogens with zero attached hydrogens (tertiary/aromatic N) is 1. The minimum absolute atomic E-state index is 0.308. The van der Waals surface area contributed by atoms with Crippen LogP contribution in [0.4, 0.5) is 0 Å². The van der Waals surface area contributed by atoms with Crippen molar-refractivity contribution < 1.29 is 4.74 Å². The molecule has 1 aromatic heterocycles. The van der Waals surface area contributed by atoms with Gasteiger partial charge >= 0.3 is 0 Å². The first-order chi connectivity index (χ1) is 6.91. The van der Waals surface area contributed by atoms with Crippen molar-refractivity contribution in [1.82, 2.24) is 4.98 Å². The number of nitrogens with two attached hydrogens (primary N) is 1. The van der Waals surface area contributed by atoms with Crippen molar-refractivity contribution in [3.05, 3.63) is 15.6 Å². The first-order valence-corrected chi connectivity index (χ1v) is 5.95. The number of aromatic nitrogens is 1. The molecule has 0 bridgehead atoms. The second-order valence-electron chi connectivity index (χ2n) is 4.29. The van der Waals surface area contributed by atoms with Crippen LogP contribution in [0.1, 0.15) is 29.4 Å². The van der Waals surface area contributed by atoms with Gasteiger partial charge in [-0.1, -0.05) is 13.8 Å². The molecule has 15 heavy (non-hydrogen) atoms. The third kappa shape index (κ3) is 2.38. The van der Waals surface area contributed by atoms with Crippen molar-refractivity contribution in [2.75, 3.05) is 13.7 Å². The summed E-state index contributed by atoms with van der Waals surface area (Å²) in [7, 11) is 1.68. The highest BCUT2D eigenvalue weighted by Crippen LogP contribution is 2.31. The average molecular weight is 228 g/mol. The molecule has 1 aromatic rings. The molecule has 86 valence electrons. The smallest absolute Gasteiger partial charge is 0.116 e. The Kier molecular flexibility index (Phi) is 3.87. The van der Waals surface area contributed by atoms with Gasteiger partial charge in [0.05, 0.1) is 17.8 Å². The van der Waals surface area contributed by atoms with Crippen LogP contribution in [0.2, 0.25) is 0 Å². The van der Waals surface area contributed by atoms with Gasteiger partial charge in [0.15, 0.2) is 0 Å². The van der Waals surface area contributed by atoms with E-state index in [1.165, 1.54) is 4.88 Å². The van der Waals surface area contributed by atoms with E-state index in [4.69, 9.17) is 10.5 Å². The van der Waals surface area contributed by atoms with Crippen molar-refractivity contribution >= 4 is 11.3 Å². The Morgan fingerprint density at radius 2 is 2.07 bits per heavy atom. The Morgan fingerprint density at radius 3 is 2.40 bits per heavy atom. The fourth-order valence-corrected chi connectivity index (χ4v) is 2.54. The van der Waals surface area contributed by atoms with E-state index in [-0.39, 0.29) is 0 Å². The second-order valence-corrected chi connectivity index (χ2v) is 5.49. The Hall–Kier alpha value is -0.450. The van der Waals surface area contributed by atoms with E-state index in [2.05, 4.69) is 25.8 Å². The van der Waals surface area contributed by atoms with Crippen LogP contribution < -0.4 is 5.73 Å². The van der Waals surface area contributed by atoms with Crippen molar-refractivity contribution in [2.24, 2.45) is 11.7 Å². The second kappa shape index (κ2) is 4.60. The third-order valence-electron chi connectivity index (χ3n) is 2.84. The molecule has 1 unspecified atom stereocenters. The zero-order chi connectivity index (χ0) is 11.6. The van der Waals surface area contributed by atoms with Gasteiger partial charge in [-0.2, -0.15) is 0 Å². The maximum Gasteiger partial charge on any atom is 0.116 e. The number of hydrogen-bond donors (Lipinski definition) is 1. The van der Waals surface area contributed by atoms with Crippen molar-refractivity contribution in [1.29, 1.82) is 0 Å². The maximum atomic E-state index is 6.38. The van der Waals surface area contributed by atoms with E-state index < -0.39 is 5.54 Å². The Bertz CT molecular complexity index is 316. The summed E-state index contributed by atoms with van der Waals surface area (Å²) < 4.78 is 5.21. The summed E-state index contributed by atoms with van der Waals surface area (Å²) in [5.41, 5.74) is 6.99. The van der Waals surface area contributed by atoms with E-state index in [1.54, 1.807) is 18.4 Å². The Morgan fingerprint density at radius 1 is 1.47 bits per heavy atom. The molecule has 0 radical (unpaired) electrons. The SMILES string of the molecule is COCC(N)(c1nc(C)c(C)s1)C(C)C. The van der Waals surface area contributed by atoms with Crippen LogP contribution in [0.3, 0.4) is 0 Å². The van der Waals surface area contributed by atoms with Crippen LogP contribution in [0.15, 0.2) is 0 Å². The summed E-state index contributed by atoms with van der Waals surface area (Å²) in [5, 5.41) is 0.981. The number of thiazole rings is 1.